The molecule has 1 aliphatic rings. The monoisotopic (exact) mass is 291 g/mol. The summed E-state index contributed by atoms with van der Waals surface area (Å²) in [6, 6.07) is 7.32. The van der Waals surface area contributed by atoms with E-state index in [2.05, 4.69) is 10.2 Å². The molecule has 1 amide bonds. The molecule has 2 rings (SSSR count). The van der Waals surface area contributed by atoms with E-state index < -0.39 is 0 Å². The second-order valence-electron chi connectivity index (χ2n) is 5.68. The molecular weight excluding hydrogens is 266 g/mol. The molecule has 3 N–H and O–H groups in total. The molecule has 5 nitrogen and oxygen atoms in total. The second-order valence-corrected chi connectivity index (χ2v) is 5.68. The van der Waals surface area contributed by atoms with Crippen molar-refractivity contribution in [2.45, 2.75) is 32.4 Å². The molecule has 1 aliphatic heterocycles. The number of amides is 1. The smallest absolute Gasteiger partial charge is 0.239 e. The van der Waals surface area contributed by atoms with Gasteiger partial charge < -0.3 is 15.8 Å². The lowest BCUT2D eigenvalue weighted by Gasteiger charge is -2.28. The van der Waals surface area contributed by atoms with Gasteiger partial charge in [0.15, 0.2) is 0 Å². The largest absolute Gasteiger partial charge is 0.491 e. The standard InChI is InChI=1S/C16H25N3O2/c1-12(2)21-14-6-4-13(5-7-14)15(16(17)20)19-10-3-8-18-9-11-19/h4-7,12,15,18H,3,8-11H2,1-2H3,(H2,17,20). The van der Waals surface area contributed by atoms with Crippen LogP contribution < -0.4 is 15.8 Å². The van der Waals surface area contributed by atoms with Crippen molar-refractivity contribution in [2.24, 2.45) is 5.73 Å². The fourth-order valence-corrected chi connectivity index (χ4v) is 2.68. The molecule has 1 aromatic carbocycles. The van der Waals surface area contributed by atoms with E-state index in [1.807, 2.05) is 38.1 Å². The molecule has 21 heavy (non-hydrogen) atoms. The Labute approximate surface area is 126 Å². The molecule has 116 valence electrons. The first kappa shape index (κ1) is 15.8. The van der Waals surface area contributed by atoms with E-state index in [0.717, 1.165) is 43.9 Å². The van der Waals surface area contributed by atoms with Gasteiger partial charge in [-0.2, -0.15) is 0 Å². The van der Waals surface area contributed by atoms with Gasteiger partial charge in [0.05, 0.1) is 6.10 Å². The third-order valence-electron chi connectivity index (χ3n) is 3.58. The van der Waals surface area contributed by atoms with Gasteiger partial charge in [-0.1, -0.05) is 12.1 Å². The van der Waals surface area contributed by atoms with Gasteiger partial charge in [0.1, 0.15) is 11.8 Å². The van der Waals surface area contributed by atoms with Gasteiger partial charge in [-0.25, -0.2) is 0 Å². The zero-order valence-corrected chi connectivity index (χ0v) is 12.8. The minimum Gasteiger partial charge on any atom is -0.491 e. The van der Waals surface area contributed by atoms with Crippen molar-refractivity contribution in [1.82, 2.24) is 10.2 Å². The van der Waals surface area contributed by atoms with Gasteiger partial charge in [-0.3, -0.25) is 9.69 Å². The molecule has 0 radical (unpaired) electrons. The molecule has 5 heteroatoms. The van der Waals surface area contributed by atoms with Crippen LogP contribution in [0.5, 0.6) is 5.75 Å². The third-order valence-corrected chi connectivity index (χ3v) is 3.58. The number of ether oxygens (including phenoxy) is 1. The molecule has 1 atom stereocenters. The Morgan fingerprint density at radius 1 is 1.24 bits per heavy atom. The van der Waals surface area contributed by atoms with Crippen LogP contribution in [-0.4, -0.2) is 43.1 Å². The first-order chi connectivity index (χ1) is 10.1. The average molecular weight is 291 g/mol. The average Bonchev–Trinajstić information content (AvgIpc) is 2.69. The zero-order chi connectivity index (χ0) is 15.2. The Bertz CT molecular complexity index is 451. The Hall–Kier alpha value is -1.59. The van der Waals surface area contributed by atoms with Crippen molar-refractivity contribution in [3.63, 3.8) is 0 Å². The molecule has 1 saturated heterocycles. The van der Waals surface area contributed by atoms with Crippen molar-refractivity contribution in [2.75, 3.05) is 26.2 Å². The number of primary amides is 1. The van der Waals surface area contributed by atoms with Crippen molar-refractivity contribution < 1.29 is 9.53 Å². The first-order valence-electron chi connectivity index (χ1n) is 7.58. The van der Waals surface area contributed by atoms with Crippen LogP contribution in [-0.2, 0) is 4.79 Å². The van der Waals surface area contributed by atoms with Crippen molar-refractivity contribution in [1.29, 1.82) is 0 Å². The summed E-state index contributed by atoms with van der Waals surface area (Å²) in [5.74, 6) is 0.518. The number of hydrogen-bond acceptors (Lipinski definition) is 4. The molecule has 1 unspecified atom stereocenters. The van der Waals surface area contributed by atoms with Crippen LogP contribution in [0.25, 0.3) is 0 Å². The minimum absolute atomic E-state index is 0.138. The van der Waals surface area contributed by atoms with Crippen LogP contribution in [0, 0.1) is 0 Å². The molecule has 1 fully saturated rings. The van der Waals surface area contributed by atoms with Crippen LogP contribution in [0.3, 0.4) is 0 Å². The molecule has 0 spiro atoms. The Morgan fingerprint density at radius 3 is 2.57 bits per heavy atom. The highest BCUT2D eigenvalue weighted by molar-refractivity contribution is 5.81. The highest BCUT2D eigenvalue weighted by atomic mass is 16.5. The lowest BCUT2D eigenvalue weighted by molar-refractivity contribution is -0.123. The molecule has 0 aromatic heterocycles. The maximum Gasteiger partial charge on any atom is 0.239 e. The summed E-state index contributed by atoms with van der Waals surface area (Å²) in [6.07, 6.45) is 1.16. The molecule has 0 bridgehead atoms. The summed E-state index contributed by atoms with van der Waals surface area (Å²) in [7, 11) is 0. The highest BCUT2D eigenvalue weighted by Crippen LogP contribution is 2.24. The van der Waals surface area contributed by atoms with Crippen molar-refractivity contribution >= 4 is 5.91 Å². The Morgan fingerprint density at radius 2 is 1.95 bits per heavy atom. The van der Waals surface area contributed by atoms with Gasteiger partial charge in [-0.05, 0) is 44.5 Å². The number of nitrogens with zero attached hydrogens (tertiary/aromatic N) is 1. The van der Waals surface area contributed by atoms with Gasteiger partial charge in [0.25, 0.3) is 0 Å². The number of nitrogens with two attached hydrogens (primary N) is 1. The zero-order valence-electron chi connectivity index (χ0n) is 12.8. The predicted octanol–water partition coefficient (Wildman–Crippen LogP) is 1.30. The summed E-state index contributed by atoms with van der Waals surface area (Å²) in [4.78, 5) is 14.1. The fourth-order valence-electron chi connectivity index (χ4n) is 2.68. The number of nitrogens with one attached hydrogen (secondary N) is 1. The van der Waals surface area contributed by atoms with E-state index in [4.69, 9.17) is 10.5 Å². The maximum absolute atomic E-state index is 11.9. The number of rotatable bonds is 5. The molecule has 1 heterocycles. The van der Waals surface area contributed by atoms with Crippen LogP contribution in [0.4, 0.5) is 0 Å². The number of carbonyl (C=O) groups excluding carboxylic acids is 1. The number of hydrogen-bond donors (Lipinski definition) is 2. The quantitative estimate of drug-likeness (QED) is 0.858. The summed E-state index contributed by atoms with van der Waals surface area (Å²) in [5, 5.41) is 3.34. The van der Waals surface area contributed by atoms with Crippen LogP contribution in [0.2, 0.25) is 0 Å². The van der Waals surface area contributed by atoms with Crippen LogP contribution in [0.1, 0.15) is 31.9 Å². The molecule has 0 saturated carbocycles. The van der Waals surface area contributed by atoms with E-state index in [1.165, 1.54) is 0 Å². The minimum atomic E-state index is -0.363. The van der Waals surface area contributed by atoms with E-state index in [0.29, 0.717) is 0 Å². The van der Waals surface area contributed by atoms with Crippen molar-refractivity contribution in [3.05, 3.63) is 29.8 Å². The predicted molar refractivity (Wildman–Crippen MR) is 83.2 cm³/mol. The van der Waals surface area contributed by atoms with E-state index in [9.17, 15) is 4.79 Å². The number of benzene rings is 1. The summed E-state index contributed by atoms with van der Waals surface area (Å²) in [5.41, 5.74) is 6.57. The lowest BCUT2D eigenvalue weighted by Crippen LogP contribution is -2.39. The van der Waals surface area contributed by atoms with Gasteiger partial charge in [0.2, 0.25) is 5.91 Å². The second kappa shape index (κ2) is 7.43. The van der Waals surface area contributed by atoms with Crippen molar-refractivity contribution in [3.8, 4) is 5.75 Å². The molecular formula is C16H25N3O2. The first-order valence-corrected chi connectivity index (χ1v) is 7.58. The van der Waals surface area contributed by atoms with Crippen LogP contribution >= 0.6 is 0 Å². The Kier molecular flexibility index (Phi) is 5.59. The van der Waals surface area contributed by atoms with Crippen LogP contribution in [0.15, 0.2) is 24.3 Å². The SMILES string of the molecule is CC(C)Oc1ccc(C(C(N)=O)N2CCCNCC2)cc1. The fraction of sp³-hybridized carbons (Fsp3) is 0.562. The topological polar surface area (TPSA) is 67.6 Å². The molecule has 0 aliphatic carbocycles. The van der Waals surface area contributed by atoms with Gasteiger partial charge in [0, 0.05) is 19.6 Å². The maximum atomic E-state index is 11.9. The summed E-state index contributed by atoms with van der Waals surface area (Å²) >= 11 is 0. The number of carbonyl (C=O) groups is 1. The van der Waals surface area contributed by atoms with E-state index in [1.54, 1.807) is 0 Å². The highest BCUT2D eigenvalue weighted by Gasteiger charge is 2.26. The summed E-state index contributed by atoms with van der Waals surface area (Å²) < 4.78 is 5.64. The summed E-state index contributed by atoms with van der Waals surface area (Å²) in [6.45, 7) is 7.57. The third kappa shape index (κ3) is 4.44. The van der Waals surface area contributed by atoms with Gasteiger partial charge in [-0.15, -0.1) is 0 Å². The molecule has 1 aromatic rings. The van der Waals surface area contributed by atoms with E-state index in [-0.39, 0.29) is 18.1 Å². The van der Waals surface area contributed by atoms with Gasteiger partial charge >= 0.3 is 0 Å². The van der Waals surface area contributed by atoms with E-state index >= 15 is 0 Å². The normalized spacial score (nSPS) is 18.2. The Balaban J connectivity index is 2.15. The lowest BCUT2D eigenvalue weighted by atomic mass is 10.0.